The lowest BCUT2D eigenvalue weighted by atomic mass is 9.92. The van der Waals surface area contributed by atoms with E-state index in [2.05, 4.69) is 5.32 Å². The normalized spacial score (nSPS) is 25.0. The molecule has 0 aromatic heterocycles. The molecule has 1 N–H and O–H groups in total. The van der Waals surface area contributed by atoms with E-state index in [-0.39, 0.29) is 24.4 Å². The van der Waals surface area contributed by atoms with Crippen molar-refractivity contribution in [3.63, 3.8) is 0 Å². The number of carbonyl (C=O) groups is 3. The predicted molar refractivity (Wildman–Crippen MR) is 101 cm³/mol. The summed E-state index contributed by atoms with van der Waals surface area (Å²) in [6.07, 6.45) is 6.83. The lowest BCUT2D eigenvalue weighted by Crippen LogP contribution is -2.48. The second-order valence-corrected chi connectivity index (χ2v) is 7.86. The molecule has 0 bridgehead atoms. The number of rotatable bonds is 4. The summed E-state index contributed by atoms with van der Waals surface area (Å²) in [4.78, 5) is 41.7. The number of benzene rings is 1. The van der Waals surface area contributed by atoms with Crippen LogP contribution in [0.2, 0.25) is 0 Å². The maximum atomic E-state index is 13.2. The number of aryl methyl sites for hydroxylation is 1. The number of hydrogen-bond acceptors (Lipinski definition) is 3. The van der Waals surface area contributed by atoms with E-state index in [0.29, 0.717) is 13.0 Å². The number of likely N-dealkylation sites (N-methyl/N-ethyl adjacent to an activating group) is 1. The van der Waals surface area contributed by atoms with Crippen molar-refractivity contribution >= 4 is 17.8 Å². The van der Waals surface area contributed by atoms with Gasteiger partial charge in [0.1, 0.15) is 12.1 Å². The van der Waals surface area contributed by atoms with Crippen molar-refractivity contribution in [3.05, 3.63) is 35.4 Å². The summed E-state index contributed by atoms with van der Waals surface area (Å²) in [6.45, 7) is 2.41. The van der Waals surface area contributed by atoms with Gasteiger partial charge in [-0.2, -0.15) is 0 Å². The van der Waals surface area contributed by atoms with Crippen LogP contribution in [-0.2, 0) is 21.5 Å². The fraction of sp³-hybridized carbons (Fsp3) is 0.571. The fourth-order valence-corrected chi connectivity index (χ4v) is 4.99. The summed E-state index contributed by atoms with van der Waals surface area (Å²) in [5.41, 5.74) is 0.977. The van der Waals surface area contributed by atoms with Crippen LogP contribution in [0.25, 0.3) is 0 Å². The maximum Gasteiger partial charge on any atom is 0.325 e. The zero-order chi connectivity index (χ0) is 19.0. The van der Waals surface area contributed by atoms with Crippen LogP contribution in [0.1, 0.15) is 56.6 Å². The first-order chi connectivity index (χ1) is 13.1. The molecule has 6 nitrogen and oxygen atoms in total. The van der Waals surface area contributed by atoms with Gasteiger partial charge < -0.3 is 10.2 Å². The molecule has 6 heteroatoms. The van der Waals surface area contributed by atoms with E-state index < -0.39 is 11.6 Å². The largest absolute Gasteiger partial charge is 0.338 e. The molecule has 27 heavy (non-hydrogen) atoms. The predicted octanol–water partition coefficient (Wildman–Crippen LogP) is 2.56. The minimum Gasteiger partial charge on any atom is -0.338 e. The monoisotopic (exact) mass is 369 g/mol. The van der Waals surface area contributed by atoms with E-state index in [0.717, 1.165) is 48.1 Å². The summed E-state index contributed by atoms with van der Waals surface area (Å²) in [6, 6.07) is 7.53. The maximum absolute atomic E-state index is 13.2. The molecule has 1 saturated carbocycles. The summed E-state index contributed by atoms with van der Waals surface area (Å²) in [7, 11) is 0. The Morgan fingerprint density at radius 1 is 1.22 bits per heavy atom. The molecule has 1 aromatic rings. The first kappa shape index (κ1) is 18.0. The van der Waals surface area contributed by atoms with Gasteiger partial charge >= 0.3 is 6.03 Å². The van der Waals surface area contributed by atoms with Gasteiger partial charge in [-0.05, 0) is 43.7 Å². The molecule has 0 radical (unpaired) electrons. The molecule has 1 saturated heterocycles. The van der Waals surface area contributed by atoms with Crippen LogP contribution >= 0.6 is 0 Å². The third kappa shape index (κ3) is 2.91. The Balaban J connectivity index is 1.52. The molecule has 2 fully saturated rings. The van der Waals surface area contributed by atoms with E-state index in [1.807, 2.05) is 36.1 Å². The van der Waals surface area contributed by atoms with Crippen molar-refractivity contribution in [1.82, 2.24) is 15.1 Å². The van der Waals surface area contributed by atoms with Crippen molar-refractivity contribution in [2.75, 3.05) is 13.1 Å². The van der Waals surface area contributed by atoms with Gasteiger partial charge in [0.2, 0.25) is 5.91 Å². The number of fused-ring (bicyclic) bond motifs is 2. The highest BCUT2D eigenvalue weighted by Crippen LogP contribution is 2.41. The Labute approximate surface area is 159 Å². The number of carbonyl (C=O) groups excluding carboxylic acids is 3. The molecule has 0 unspecified atom stereocenters. The molecule has 144 valence electrons. The van der Waals surface area contributed by atoms with E-state index in [9.17, 15) is 14.4 Å². The number of nitrogens with one attached hydrogen (secondary N) is 1. The van der Waals surface area contributed by atoms with Crippen LogP contribution in [0.4, 0.5) is 4.79 Å². The quantitative estimate of drug-likeness (QED) is 0.830. The highest BCUT2D eigenvalue weighted by Gasteiger charge is 2.55. The Bertz CT molecular complexity index is 772. The Morgan fingerprint density at radius 2 is 1.96 bits per heavy atom. The van der Waals surface area contributed by atoms with Crippen molar-refractivity contribution in [2.45, 2.75) is 63.5 Å². The molecule has 1 aromatic carbocycles. The number of amides is 4. The third-order valence-electron chi connectivity index (χ3n) is 6.39. The van der Waals surface area contributed by atoms with Crippen molar-refractivity contribution < 1.29 is 14.4 Å². The minimum absolute atomic E-state index is 0.128. The second-order valence-electron chi connectivity index (χ2n) is 7.86. The van der Waals surface area contributed by atoms with Gasteiger partial charge in [0, 0.05) is 12.6 Å². The van der Waals surface area contributed by atoms with E-state index in [1.54, 1.807) is 0 Å². The van der Waals surface area contributed by atoms with Gasteiger partial charge in [-0.3, -0.25) is 14.5 Å². The van der Waals surface area contributed by atoms with Gasteiger partial charge in [-0.15, -0.1) is 0 Å². The van der Waals surface area contributed by atoms with Crippen molar-refractivity contribution in [1.29, 1.82) is 0 Å². The fourth-order valence-electron chi connectivity index (χ4n) is 4.99. The molecular weight excluding hydrogens is 342 g/mol. The van der Waals surface area contributed by atoms with Crippen LogP contribution < -0.4 is 5.32 Å². The molecule has 1 aliphatic heterocycles. The topological polar surface area (TPSA) is 69.7 Å². The molecule has 2 aliphatic carbocycles. The molecular formula is C21H27N3O3. The van der Waals surface area contributed by atoms with Crippen LogP contribution in [0, 0.1) is 0 Å². The SMILES string of the molecule is CCN(C(=O)CN1C(=O)N[C@]2(CCc3ccccc32)C1=O)C1CCCCC1. The highest BCUT2D eigenvalue weighted by molar-refractivity contribution is 6.09. The minimum atomic E-state index is -0.990. The van der Waals surface area contributed by atoms with E-state index in [1.165, 1.54) is 6.42 Å². The molecule has 4 rings (SSSR count). The van der Waals surface area contributed by atoms with Gasteiger partial charge in [0.15, 0.2) is 0 Å². The van der Waals surface area contributed by atoms with E-state index in [4.69, 9.17) is 0 Å². The molecule has 4 amide bonds. The number of urea groups is 1. The Kier molecular flexibility index (Phi) is 4.66. The first-order valence-electron chi connectivity index (χ1n) is 10.1. The third-order valence-corrected chi connectivity index (χ3v) is 6.39. The summed E-state index contributed by atoms with van der Waals surface area (Å²) >= 11 is 0. The van der Waals surface area contributed by atoms with Gasteiger partial charge in [-0.25, -0.2) is 4.79 Å². The van der Waals surface area contributed by atoms with Crippen LogP contribution in [0.5, 0.6) is 0 Å². The second kappa shape index (κ2) is 6.98. The van der Waals surface area contributed by atoms with Gasteiger partial charge in [-0.1, -0.05) is 43.5 Å². The highest BCUT2D eigenvalue weighted by atomic mass is 16.2. The molecule has 1 heterocycles. The summed E-state index contributed by atoms with van der Waals surface area (Å²) < 4.78 is 0. The van der Waals surface area contributed by atoms with Crippen LogP contribution in [0.15, 0.2) is 24.3 Å². The standard InChI is InChI=1S/C21H27N3O3/c1-2-23(16-9-4-3-5-10-16)18(25)14-24-19(26)21(22-20(24)27)13-12-15-8-6-7-11-17(15)21/h6-8,11,16H,2-5,9-10,12-14H2,1H3,(H,22,27)/t21-/m0/s1. The lowest BCUT2D eigenvalue weighted by molar-refractivity contribution is -0.140. The number of nitrogens with zero attached hydrogens (tertiary/aromatic N) is 2. The zero-order valence-electron chi connectivity index (χ0n) is 15.9. The molecule has 3 aliphatic rings. The Morgan fingerprint density at radius 3 is 2.70 bits per heavy atom. The summed E-state index contributed by atoms with van der Waals surface area (Å²) in [5, 5.41) is 2.89. The average Bonchev–Trinajstić information content (AvgIpc) is 3.17. The molecule has 1 spiro atoms. The smallest absolute Gasteiger partial charge is 0.325 e. The number of hydrogen-bond donors (Lipinski definition) is 1. The van der Waals surface area contributed by atoms with Crippen LogP contribution in [0.3, 0.4) is 0 Å². The average molecular weight is 369 g/mol. The number of imide groups is 1. The summed E-state index contributed by atoms with van der Waals surface area (Å²) in [5.74, 6) is -0.415. The lowest BCUT2D eigenvalue weighted by Gasteiger charge is -2.34. The van der Waals surface area contributed by atoms with Crippen molar-refractivity contribution in [2.24, 2.45) is 0 Å². The van der Waals surface area contributed by atoms with E-state index >= 15 is 0 Å². The van der Waals surface area contributed by atoms with Crippen LogP contribution in [-0.4, -0.2) is 46.8 Å². The van der Waals surface area contributed by atoms with Gasteiger partial charge in [0.05, 0.1) is 0 Å². The zero-order valence-corrected chi connectivity index (χ0v) is 15.9. The van der Waals surface area contributed by atoms with Crippen molar-refractivity contribution in [3.8, 4) is 0 Å². The Hall–Kier alpha value is -2.37. The first-order valence-corrected chi connectivity index (χ1v) is 10.1. The van der Waals surface area contributed by atoms with Gasteiger partial charge in [0.25, 0.3) is 5.91 Å². The molecule has 1 atom stereocenters.